The van der Waals surface area contributed by atoms with Crippen molar-refractivity contribution in [2.75, 3.05) is 6.61 Å². The van der Waals surface area contributed by atoms with Crippen molar-refractivity contribution in [1.29, 1.82) is 0 Å². The topological polar surface area (TPSA) is 63.6 Å². The lowest BCUT2D eigenvalue weighted by Gasteiger charge is -2.07. The third-order valence-corrected chi connectivity index (χ3v) is 3.01. The zero-order valence-electron chi connectivity index (χ0n) is 16.5. The van der Waals surface area contributed by atoms with Crippen molar-refractivity contribution >= 4 is 11.9 Å². The Morgan fingerprint density at radius 1 is 1.14 bits per heavy atom. The van der Waals surface area contributed by atoms with Crippen molar-refractivity contribution in [1.82, 2.24) is 0 Å². The highest BCUT2D eigenvalue weighted by molar-refractivity contribution is 6.02. The van der Waals surface area contributed by atoms with Crippen LogP contribution in [0.1, 0.15) is 72.2 Å². The number of unbranched alkanes of at least 4 members (excludes halogenated alkanes) is 3. The summed E-state index contributed by atoms with van der Waals surface area (Å²) in [7, 11) is 0. The van der Waals surface area contributed by atoms with E-state index in [2.05, 4.69) is 13.8 Å². The van der Waals surface area contributed by atoms with Gasteiger partial charge >= 0.3 is 11.9 Å². The van der Waals surface area contributed by atoms with Crippen LogP contribution in [0.25, 0.3) is 0 Å². The van der Waals surface area contributed by atoms with Gasteiger partial charge < -0.3 is 9.84 Å². The molecule has 4 nitrogen and oxygen atoms in total. The number of carboxylic acid groups (broad SMARTS) is 1. The lowest BCUT2D eigenvalue weighted by atomic mass is 10.0. The normalized spacial score (nSPS) is 13.3. The van der Waals surface area contributed by atoms with Crippen LogP contribution in [0.5, 0.6) is 0 Å². The molecule has 0 saturated heterocycles. The zero-order chi connectivity index (χ0) is 19.1. The molecule has 1 rings (SSSR count). The number of ether oxygens (including phenoxy) is 1. The summed E-state index contributed by atoms with van der Waals surface area (Å²) in [6, 6.07) is -2.80. The molecular formula is C17H24O4. The average Bonchev–Trinajstić information content (AvgIpc) is 2.54. The maximum atomic E-state index is 12.2. The predicted octanol–water partition coefficient (Wildman–Crippen LogP) is 4.15. The van der Waals surface area contributed by atoms with Crippen LogP contribution in [-0.2, 0) is 4.74 Å². The summed E-state index contributed by atoms with van der Waals surface area (Å²) in [5, 5.41) is 9.19. The second-order valence-corrected chi connectivity index (χ2v) is 5.29. The summed E-state index contributed by atoms with van der Waals surface area (Å²) >= 11 is 0. The number of carbonyl (C=O) groups excluding carboxylic acids is 1. The van der Waals surface area contributed by atoms with E-state index in [4.69, 9.17) is 10.2 Å². The summed E-state index contributed by atoms with van der Waals surface area (Å²) in [5.41, 5.74) is -1.38. The predicted molar refractivity (Wildman–Crippen MR) is 81.6 cm³/mol. The van der Waals surface area contributed by atoms with Gasteiger partial charge in [0.2, 0.25) is 0 Å². The van der Waals surface area contributed by atoms with Crippen molar-refractivity contribution in [3.63, 3.8) is 0 Å². The van der Waals surface area contributed by atoms with Gasteiger partial charge in [0, 0.05) is 0 Å². The van der Waals surface area contributed by atoms with Gasteiger partial charge in [0.05, 0.1) is 23.2 Å². The fraction of sp³-hybridized carbons (Fsp3) is 0.529. The molecule has 116 valence electrons. The molecule has 1 aromatic carbocycles. The Balaban J connectivity index is 2.74. The molecule has 0 unspecified atom stereocenters. The number of hydrogen-bond acceptors (Lipinski definition) is 3. The monoisotopic (exact) mass is 296 g/mol. The molecule has 1 aromatic rings. The molecule has 0 aliphatic carbocycles. The molecule has 0 radical (unpaired) electrons. The molecule has 0 saturated carbocycles. The zero-order valence-corrected chi connectivity index (χ0v) is 12.5. The Morgan fingerprint density at radius 3 is 2.38 bits per heavy atom. The SMILES string of the molecule is [2H]c1c([2H])c([2H])c(C(=O)OCCCCCCC(C)C)c(C(=O)O)c1[2H]. The van der Waals surface area contributed by atoms with Gasteiger partial charge in [0.15, 0.2) is 0 Å². The maximum Gasteiger partial charge on any atom is 0.339 e. The van der Waals surface area contributed by atoms with Crippen molar-refractivity contribution in [2.24, 2.45) is 5.92 Å². The maximum absolute atomic E-state index is 12.2. The number of esters is 1. The van der Waals surface area contributed by atoms with Crippen LogP contribution in [0.4, 0.5) is 0 Å². The van der Waals surface area contributed by atoms with Gasteiger partial charge in [-0.05, 0) is 24.4 Å². The fourth-order valence-corrected chi connectivity index (χ4v) is 1.87. The lowest BCUT2D eigenvalue weighted by molar-refractivity contribution is 0.0487. The molecule has 21 heavy (non-hydrogen) atoms. The molecule has 0 aromatic heterocycles. The van der Waals surface area contributed by atoms with Gasteiger partial charge in [-0.25, -0.2) is 9.59 Å². The lowest BCUT2D eigenvalue weighted by Crippen LogP contribution is -2.12. The number of carbonyl (C=O) groups is 2. The van der Waals surface area contributed by atoms with Gasteiger partial charge in [-0.2, -0.15) is 0 Å². The molecule has 0 spiro atoms. The van der Waals surface area contributed by atoms with E-state index in [1.807, 2.05) is 0 Å². The Hall–Kier alpha value is -1.84. The summed E-state index contributed by atoms with van der Waals surface area (Å²) < 4.78 is 35.5. The molecule has 0 aliphatic heterocycles. The molecule has 1 N–H and O–H groups in total. The van der Waals surface area contributed by atoms with Crippen molar-refractivity contribution in [2.45, 2.75) is 46.0 Å². The van der Waals surface area contributed by atoms with Gasteiger partial charge in [-0.1, -0.05) is 51.6 Å². The quantitative estimate of drug-likeness (QED) is 0.549. The summed E-state index contributed by atoms with van der Waals surface area (Å²) in [4.78, 5) is 23.5. The minimum absolute atomic E-state index is 0.0856. The van der Waals surface area contributed by atoms with E-state index in [1.165, 1.54) is 0 Å². The molecular weight excluding hydrogens is 268 g/mol. The first-order valence-electron chi connectivity index (χ1n) is 9.19. The third-order valence-electron chi connectivity index (χ3n) is 3.01. The highest BCUT2D eigenvalue weighted by Gasteiger charge is 2.16. The van der Waals surface area contributed by atoms with E-state index in [1.54, 1.807) is 0 Å². The summed E-state index contributed by atoms with van der Waals surface area (Å²) in [5.74, 6) is -1.97. The van der Waals surface area contributed by atoms with Crippen molar-refractivity contribution < 1.29 is 24.9 Å². The van der Waals surface area contributed by atoms with Crippen LogP contribution in [0, 0.1) is 5.92 Å². The van der Waals surface area contributed by atoms with Gasteiger partial charge in [0.1, 0.15) is 0 Å². The van der Waals surface area contributed by atoms with Crippen LogP contribution in [0.2, 0.25) is 0 Å². The second kappa shape index (κ2) is 9.16. The molecule has 0 heterocycles. The standard InChI is InChI=1S/C17H24O4/c1-13(2)9-5-3-4-8-12-21-17(20)15-11-7-6-10-14(15)16(18)19/h6-7,10-11,13H,3-5,8-9,12H2,1-2H3,(H,18,19)/i6D,7D,10D,11D. The largest absolute Gasteiger partial charge is 0.478 e. The molecule has 4 heteroatoms. The van der Waals surface area contributed by atoms with Gasteiger partial charge in [0.25, 0.3) is 0 Å². The minimum Gasteiger partial charge on any atom is -0.478 e. The molecule has 0 atom stereocenters. The second-order valence-electron chi connectivity index (χ2n) is 5.29. The number of rotatable bonds is 9. The highest BCUT2D eigenvalue weighted by atomic mass is 16.5. The van der Waals surface area contributed by atoms with E-state index < -0.39 is 47.2 Å². The molecule has 0 fully saturated rings. The van der Waals surface area contributed by atoms with E-state index in [0.29, 0.717) is 12.3 Å². The number of hydrogen-bond donors (Lipinski definition) is 1. The Labute approximate surface area is 131 Å². The van der Waals surface area contributed by atoms with Crippen LogP contribution < -0.4 is 0 Å². The van der Waals surface area contributed by atoms with Crippen LogP contribution >= 0.6 is 0 Å². The van der Waals surface area contributed by atoms with Gasteiger partial charge in [-0.3, -0.25) is 0 Å². The van der Waals surface area contributed by atoms with E-state index in [9.17, 15) is 14.7 Å². The first-order chi connectivity index (χ1) is 11.7. The minimum atomic E-state index is -1.59. The Kier molecular flexibility index (Phi) is 5.14. The smallest absolute Gasteiger partial charge is 0.339 e. The Bertz CT molecular complexity index is 644. The third kappa shape index (κ3) is 6.43. The van der Waals surface area contributed by atoms with Crippen LogP contribution in [-0.4, -0.2) is 23.7 Å². The van der Waals surface area contributed by atoms with E-state index >= 15 is 0 Å². The molecule has 0 aliphatic rings. The first kappa shape index (κ1) is 11.8. The van der Waals surface area contributed by atoms with Crippen LogP contribution in [0.15, 0.2) is 24.2 Å². The first-order valence-corrected chi connectivity index (χ1v) is 7.19. The highest BCUT2D eigenvalue weighted by Crippen LogP contribution is 2.12. The van der Waals surface area contributed by atoms with Crippen LogP contribution in [0.3, 0.4) is 0 Å². The number of aromatic carboxylic acids is 1. The molecule has 0 bridgehead atoms. The summed E-state index contributed by atoms with van der Waals surface area (Å²) in [6.07, 6.45) is 4.75. The fourth-order valence-electron chi connectivity index (χ4n) is 1.87. The summed E-state index contributed by atoms with van der Waals surface area (Å²) in [6.45, 7) is 4.40. The Morgan fingerprint density at radius 2 is 1.76 bits per heavy atom. The van der Waals surface area contributed by atoms with Crippen molar-refractivity contribution in [3.8, 4) is 0 Å². The van der Waals surface area contributed by atoms with Crippen molar-refractivity contribution in [3.05, 3.63) is 35.3 Å². The van der Waals surface area contributed by atoms with Gasteiger partial charge in [-0.15, -0.1) is 0 Å². The molecule has 0 amide bonds. The van der Waals surface area contributed by atoms with E-state index in [0.717, 1.165) is 25.7 Å². The van der Waals surface area contributed by atoms with E-state index in [-0.39, 0.29) is 6.61 Å². The number of benzene rings is 1. The number of carboxylic acids is 1. The average molecular weight is 296 g/mol.